The fourth-order valence-electron chi connectivity index (χ4n) is 1.68. The maximum Gasteiger partial charge on any atom is 0.338 e. The maximum absolute atomic E-state index is 11.8. The molecule has 0 atom stereocenters. The fourth-order valence-corrected chi connectivity index (χ4v) is 1.68. The van der Waals surface area contributed by atoms with E-state index in [-0.39, 0.29) is 11.9 Å². The summed E-state index contributed by atoms with van der Waals surface area (Å²) in [4.78, 5) is 11.7. The van der Waals surface area contributed by atoms with Crippen LogP contribution < -0.4 is 0 Å². The highest BCUT2D eigenvalue weighted by molar-refractivity contribution is 5.98. The summed E-state index contributed by atoms with van der Waals surface area (Å²) in [7, 11) is 0. The van der Waals surface area contributed by atoms with Gasteiger partial charge in [-0.1, -0.05) is 24.3 Å². The molecule has 0 aliphatic carbocycles. The summed E-state index contributed by atoms with van der Waals surface area (Å²) in [6.07, 6.45) is -0.191. The molecule has 0 aromatic heterocycles. The van der Waals surface area contributed by atoms with Gasteiger partial charge in [0.15, 0.2) is 5.75 Å². The Balaban J connectivity index is 2.46. The van der Waals surface area contributed by atoms with E-state index in [0.717, 1.165) is 5.39 Å². The molecule has 2 aromatic rings. The van der Waals surface area contributed by atoms with Crippen LogP contribution in [0.5, 0.6) is 5.75 Å². The maximum atomic E-state index is 11.8. The molecule has 0 heterocycles. The Morgan fingerprint density at radius 2 is 1.88 bits per heavy atom. The van der Waals surface area contributed by atoms with Crippen molar-refractivity contribution in [1.29, 1.82) is 0 Å². The highest BCUT2D eigenvalue weighted by atomic mass is 16.5. The Morgan fingerprint density at radius 1 is 1.18 bits per heavy atom. The summed E-state index contributed by atoms with van der Waals surface area (Å²) in [5, 5.41) is 13.2. The first-order valence-corrected chi connectivity index (χ1v) is 5.48. The summed E-state index contributed by atoms with van der Waals surface area (Å²) in [6.45, 7) is 3.55. The third-order valence-electron chi connectivity index (χ3n) is 2.40. The molecule has 0 fully saturated rings. The second-order valence-electron chi connectivity index (χ2n) is 4.15. The molecular weight excluding hydrogens is 216 g/mol. The first-order valence-electron chi connectivity index (χ1n) is 5.48. The van der Waals surface area contributed by atoms with Crippen LogP contribution in [0.4, 0.5) is 0 Å². The Morgan fingerprint density at radius 3 is 2.59 bits per heavy atom. The van der Waals surface area contributed by atoms with Gasteiger partial charge in [-0.2, -0.15) is 0 Å². The van der Waals surface area contributed by atoms with Gasteiger partial charge in [-0.05, 0) is 25.3 Å². The lowest BCUT2D eigenvalue weighted by molar-refractivity contribution is 0.0377. The van der Waals surface area contributed by atoms with Gasteiger partial charge in [0.1, 0.15) is 0 Å². The SMILES string of the molecule is CC(C)OC(=O)c1cc([O])c2ccccc2c1. The zero-order chi connectivity index (χ0) is 12.4. The van der Waals surface area contributed by atoms with E-state index in [1.54, 1.807) is 32.0 Å². The molecule has 87 valence electrons. The lowest BCUT2D eigenvalue weighted by atomic mass is 10.1. The van der Waals surface area contributed by atoms with E-state index in [2.05, 4.69) is 0 Å². The van der Waals surface area contributed by atoms with E-state index in [1.165, 1.54) is 6.07 Å². The van der Waals surface area contributed by atoms with Crippen LogP contribution in [0.15, 0.2) is 36.4 Å². The standard InChI is InChI=1S/C14H13O3/c1-9(2)17-14(16)11-7-10-5-3-4-6-12(10)13(15)8-11/h3-9H,1-2H3. The minimum Gasteiger partial charge on any atom is -0.459 e. The quantitative estimate of drug-likeness (QED) is 0.739. The molecule has 3 heteroatoms. The van der Waals surface area contributed by atoms with Gasteiger partial charge in [0, 0.05) is 11.5 Å². The molecule has 0 N–H and O–H groups in total. The number of carbonyl (C=O) groups is 1. The van der Waals surface area contributed by atoms with Gasteiger partial charge in [0.05, 0.1) is 11.7 Å². The molecule has 0 spiro atoms. The first kappa shape index (κ1) is 11.5. The van der Waals surface area contributed by atoms with Crippen LogP contribution in [0.3, 0.4) is 0 Å². The van der Waals surface area contributed by atoms with Crippen LogP contribution >= 0.6 is 0 Å². The molecule has 2 aromatic carbocycles. The molecule has 0 amide bonds. The van der Waals surface area contributed by atoms with Gasteiger partial charge < -0.3 is 4.74 Å². The smallest absolute Gasteiger partial charge is 0.338 e. The largest absolute Gasteiger partial charge is 0.459 e. The lowest BCUT2D eigenvalue weighted by Gasteiger charge is -2.08. The normalized spacial score (nSPS) is 10.8. The Kier molecular flexibility index (Phi) is 3.00. The van der Waals surface area contributed by atoms with Crippen LogP contribution in [0.1, 0.15) is 24.2 Å². The number of hydrogen-bond acceptors (Lipinski definition) is 2. The number of esters is 1. The van der Waals surface area contributed by atoms with Crippen LogP contribution in [0.25, 0.3) is 10.8 Å². The van der Waals surface area contributed by atoms with Crippen molar-refractivity contribution in [1.82, 2.24) is 0 Å². The summed E-state index contributed by atoms with van der Waals surface area (Å²) in [6, 6.07) is 10.2. The minimum absolute atomic E-state index is 0.154. The predicted molar refractivity (Wildman–Crippen MR) is 64.6 cm³/mol. The van der Waals surface area contributed by atoms with Gasteiger partial charge in [-0.25, -0.2) is 4.79 Å². The Hall–Kier alpha value is -2.03. The molecule has 3 nitrogen and oxygen atoms in total. The van der Waals surface area contributed by atoms with Gasteiger partial charge >= 0.3 is 5.97 Å². The van der Waals surface area contributed by atoms with Crippen molar-refractivity contribution in [2.75, 3.05) is 0 Å². The van der Waals surface area contributed by atoms with Gasteiger partial charge in [-0.15, -0.1) is 0 Å². The number of rotatable bonds is 2. The van der Waals surface area contributed by atoms with Gasteiger partial charge in [0.2, 0.25) is 0 Å². The van der Waals surface area contributed by atoms with Crippen molar-refractivity contribution in [2.24, 2.45) is 0 Å². The monoisotopic (exact) mass is 229 g/mol. The molecule has 0 saturated carbocycles. The first-order chi connectivity index (χ1) is 8.08. The highest BCUT2D eigenvalue weighted by Gasteiger charge is 2.12. The molecule has 0 aliphatic heterocycles. The van der Waals surface area contributed by atoms with Crippen LogP contribution in [0, 0.1) is 0 Å². The van der Waals surface area contributed by atoms with E-state index in [1.807, 2.05) is 12.1 Å². The molecule has 0 unspecified atom stereocenters. The lowest BCUT2D eigenvalue weighted by Crippen LogP contribution is -2.11. The number of ether oxygens (including phenoxy) is 1. The molecule has 0 bridgehead atoms. The molecule has 0 saturated heterocycles. The summed E-state index contributed by atoms with van der Waals surface area (Å²) >= 11 is 0. The fraction of sp³-hybridized carbons (Fsp3) is 0.214. The van der Waals surface area contributed by atoms with E-state index < -0.39 is 5.97 Å². The van der Waals surface area contributed by atoms with Gasteiger partial charge in [-0.3, -0.25) is 5.11 Å². The molecule has 0 aliphatic rings. The topological polar surface area (TPSA) is 46.2 Å². The molecule has 1 radical (unpaired) electrons. The second-order valence-corrected chi connectivity index (χ2v) is 4.15. The predicted octanol–water partition coefficient (Wildman–Crippen LogP) is 3.55. The van der Waals surface area contributed by atoms with Crippen molar-refractivity contribution < 1.29 is 14.6 Å². The summed E-state index contributed by atoms with van der Waals surface area (Å²) < 4.78 is 5.06. The molecule has 2 rings (SSSR count). The van der Waals surface area contributed by atoms with Crippen molar-refractivity contribution in [3.8, 4) is 5.75 Å². The van der Waals surface area contributed by atoms with E-state index in [0.29, 0.717) is 10.9 Å². The second kappa shape index (κ2) is 4.45. The summed E-state index contributed by atoms with van der Waals surface area (Å²) in [5.74, 6) is -0.610. The van der Waals surface area contributed by atoms with E-state index in [4.69, 9.17) is 4.74 Å². The van der Waals surface area contributed by atoms with Crippen LogP contribution in [-0.4, -0.2) is 12.1 Å². The number of benzene rings is 2. The van der Waals surface area contributed by atoms with Crippen molar-refractivity contribution >= 4 is 16.7 Å². The third kappa shape index (κ3) is 2.38. The van der Waals surface area contributed by atoms with Crippen molar-refractivity contribution in [3.63, 3.8) is 0 Å². The number of hydrogen-bond donors (Lipinski definition) is 0. The number of fused-ring (bicyclic) bond motifs is 1. The average Bonchev–Trinajstić information content (AvgIpc) is 2.28. The highest BCUT2D eigenvalue weighted by Crippen LogP contribution is 2.27. The zero-order valence-electron chi connectivity index (χ0n) is 9.77. The van der Waals surface area contributed by atoms with E-state index >= 15 is 0 Å². The van der Waals surface area contributed by atoms with Gasteiger partial charge in [0.25, 0.3) is 0 Å². The summed E-state index contributed by atoms with van der Waals surface area (Å²) in [5.41, 5.74) is 0.308. The van der Waals surface area contributed by atoms with E-state index in [9.17, 15) is 9.90 Å². The Bertz CT molecular complexity index is 558. The average molecular weight is 229 g/mol. The Labute approximate surface area is 99.6 Å². The molecular formula is C14H13O3. The molecule has 17 heavy (non-hydrogen) atoms. The zero-order valence-corrected chi connectivity index (χ0v) is 9.77. The van der Waals surface area contributed by atoms with Crippen LogP contribution in [-0.2, 0) is 9.84 Å². The third-order valence-corrected chi connectivity index (χ3v) is 2.40. The van der Waals surface area contributed by atoms with Crippen molar-refractivity contribution in [3.05, 3.63) is 42.0 Å². The van der Waals surface area contributed by atoms with Crippen LogP contribution in [0.2, 0.25) is 0 Å². The number of carbonyl (C=O) groups excluding carboxylic acids is 1. The minimum atomic E-state index is -0.456. The van der Waals surface area contributed by atoms with Crippen molar-refractivity contribution in [2.45, 2.75) is 20.0 Å².